The summed E-state index contributed by atoms with van der Waals surface area (Å²) in [6, 6.07) is 4.88. The molecule has 0 spiro atoms. The SMILES string of the molecule is CCCN1CCN(CCNC(=O)Nc2cc(Cl)ccc2OC)CC1. The molecule has 1 heterocycles. The van der Waals surface area contributed by atoms with E-state index in [0.717, 1.165) is 32.7 Å². The maximum atomic E-state index is 12.0. The number of ether oxygens (including phenoxy) is 1. The molecule has 1 aromatic carbocycles. The first-order valence-corrected chi connectivity index (χ1v) is 8.83. The van der Waals surface area contributed by atoms with E-state index in [2.05, 4.69) is 27.4 Å². The van der Waals surface area contributed by atoms with Gasteiger partial charge >= 0.3 is 6.03 Å². The summed E-state index contributed by atoms with van der Waals surface area (Å²) in [6.45, 7) is 9.21. The Bertz CT molecular complexity index is 533. The van der Waals surface area contributed by atoms with Crippen LogP contribution in [0, 0.1) is 0 Å². The Hall–Kier alpha value is -1.50. The number of hydrogen-bond acceptors (Lipinski definition) is 4. The number of methoxy groups -OCH3 is 1. The number of halogens is 1. The molecule has 1 aromatic rings. The number of piperazine rings is 1. The summed E-state index contributed by atoms with van der Waals surface area (Å²) >= 11 is 5.96. The van der Waals surface area contributed by atoms with Crippen molar-refractivity contribution in [2.45, 2.75) is 13.3 Å². The van der Waals surface area contributed by atoms with Crippen LogP contribution >= 0.6 is 11.6 Å². The minimum Gasteiger partial charge on any atom is -0.495 e. The third-order valence-electron chi connectivity index (χ3n) is 4.13. The van der Waals surface area contributed by atoms with Crippen LogP contribution < -0.4 is 15.4 Å². The Kier molecular flexibility index (Phi) is 7.62. The van der Waals surface area contributed by atoms with Gasteiger partial charge in [-0.2, -0.15) is 0 Å². The molecule has 0 atom stereocenters. The van der Waals surface area contributed by atoms with Crippen LogP contribution in [0.5, 0.6) is 5.75 Å². The van der Waals surface area contributed by atoms with Crippen LogP contribution in [-0.4, -0.2) is 68.8 Å². The number of nitrogens with one attached hydrogen (secondary N) is 2. The molecule has 7 heteroatoms. The smallest absolute Gasteiger partial charge is 0.319 e. The highest BCUT2D eigenvalue weighted by molar-refractivity contribution is 6.31. The van der Waals surface area contributed by atoms with Gasteiger partial charge in [0.05, 0.1) is 12.8 Å². The molecule has 0 unspecified atom stereocenters. The van der Waals surface area contributed by atoms with Crippen molar-refractivity contribution >= 4 is 23.3 Å². The van der Waals surface area contributed by atoms with Gasteiger partial charge in [0.15, 0.2) is 0 Å². The van der Waals surface area contributed by atoms with E-state index >= 15 is 0 Å². The average molecular weight is 355 g/mol. The molecule has 2 rings (SSSR count). The van der Waals surface area contributed by atoms with Crippen LogP contribution in [0.25, 0.3) is 0 Å². The highest BCUT2D eigenvalue weighted by Crippen LogP contribution is 2.27. The molecule has 2 amide bonds. The number of amides is 2. The lowest BCUT2D eigenvalue weighted by molar-refractivity contribution is 0.133. The fourth-order valence-electron chi connectivity index (χ4n) is 2.82. The Morgan fingerprint density at radius 1 is 1.21 bits per heavy atom. The number of hydrogen-bond donors (Lipinski definition) is 2. The zero-order valence-corrected chi connectivity index (χ0v) is 15.2. The number of benzene rings is 1. The predicted molar refractivity (Wildman–Crippen MR) is 98.2 cm³/mol. The van der Waals surface area contributed by atoms with E-state index in [1.165, 1.54) is 13.0 Å². The average Bonchev–Trinajstić information content (AvgIpc) is 2.57. The Balaban J connectivity index is 1.70. The fraction of sp³-hybridized carbons (Fsp3) is 0.588. The summed E-state index contributed by atoms with van der Waals surface area (Å²) in [5, 5.41) is 6.21. The van der Waals surface area contributed by atoms with E-state index in [1.807, 2.05) is 0 Å². The van der Waals surface area contributed by atoms with Crippen molar-refractivity contribution in [3.63, 3.8) is 0 Å². The molecule has 0 saturated carbocycles. The van der Waals surface area contributed by atoms with Crippen LogP contribution in [0.15, 0.2) is 18.2 Å². The van der Waals surface area contributed by atoms with Crippen LogP contribution in [0.2, 0.25) is 5.02 Å². The second-order valence-corrected chi connectivity index (χ2v) is 6.35. The van der Waals surface area contributed by atoms with Gasteiger partial charge in [-0.25, -0.2) is 4.79 Å². The Morgan fingerprint density at radius 3 is 2.50 bits per heavy atom. The van der Waals surface area contributed by atoms with Gasteiger partial charge in [-0.05, 0) is 31.2 Å². The molecule has 1 saturated heterocycles. The predicted octanol–water partition coefficient (Wildman–Crippen LogP) is 2.50. The van der Waals surface area contributed by atoms with E-state index in [4.69, 9.17) is 16.3 Å². The molecular weight excluding hydrogens is 328 g/mol. The van der Waals surface area contributed by atoms with Gasteiger partial charge in [-0.3, -0.25) is 4.90 Å². The van der Waals surface area contributed by atoms with Gasteiger partial charge < -0.3 is 20.3 Å². The molecule has 0 aliphatic carbocycles. The number of anilines is 1. The van der Waals surface area contributed by atoms with Gasteiger partial charge in [-0.15, -0.1) is 0 Å². The van der Waals surface area contributed by atoms with Crippen molar-refractivity contribution in [3.05, 3.63) is 23.2 Å². The largest absolute Gasteiger partial charge is 0.495 e. The second-order valence-electron chi connectivity index (χ2n) is 5.91. The van der Waals surface area contributed by atoms with E-state index in [-0.39, 0.29) is 6.03 Å². The summed E-state index contributed by atoms with van der Waals surface area (Å²) in [5.41, 5.74) is 0.565. The third kappa shape index (κ3) is 5.85. The topological polar surface area (TPSA) is 56.8 Å². The molecule has 24 heavy (non-hydrogen) atoms. The monoisotopic (exact) mass is 354 g/mol. The highest BCUT2D eigenvalue weighted by atomic mass is 35.5. The van der Waals surface area contributed by atoms with Crippen LogP contribution in [-0.2, 0) is 0 Å². The highest BCUT2D eigenvalue weighted by Gasteiger charge is 2.15. The lowest BCUT2D eigenvalue weighted by Gasteiger charge is -2.34. The maximum absolute atomic E-state index is 12.0. The van der Waals surface area contributed by atoms with Crippen molar-refractivity contribution in [3.8, 4) is 5.75 Å². The quantitative estimate of drug-likeness (QED) is 0.790. The lowest BCUT2D eigenvalue weighted by Crippen LogP contribution is -2.48. The number of nitrogens with zero attached hydrogens (tertiary/aromatic N) is 2. The van der Waals surface area contributed by atoms with Crippen LogP contribution in [0.4, 0.5) is 10.5 Å². The minimum atomic E-state index is -0.250. The molecule has 0 radical (unpaired) electrons. The molecule has 0 bridgehead atoms. The summed E-state index contributed by atoms with van der Waals surface area (Å²) in [6.07, 6.45) is 1.20. The van der Waals surface area contributed by atoms with Crippen LogP contribution in [0.3, 0.4) is 0 Å². The number of carbonyl (C=O) groups is 1. The third-order valence-corrected chi connectivity index (χ3v) is 4.36. The standard InChI is InChI=1S/C17H27ClN4O2/c1-3-7-21-9-11-22(12-10-21)8-6-19-17(23)20-15-13-14(18)4-5-16(15)24-2/h4-5,13H,3,6-12H2,1-2H3,(H2,19,20,23). The summed E-state index contributed by atoms with van der Waals surface area (Å²) in [4.78, 5) is 16.9. The van der Waals surface area contributed by atoms with Crippen LogP contribution in [0.1, 0.15) is 13.3 Å². The molecule has 1 aliphatic heterocycles. The molecule has 6 nitrogen and oxygen atoms in total. The molecule has 2 N–H and O–H groups in total. The van der Waals surface area contributed by atoms with Gasteiger partial charge in [0, 0.05) is 44.3 Å². The van der Waals surface area contributed by atoms with E-state index in [9.17, 15) is 4.79 Å². The molecular formula is C17H27ClN4O2. The summed E-state index contributed by atoms with van der Waals surface area (Å²) in [5.74, 6) is 0.585. The zero-order valence-electron chi connectivity index (χ0n) is 14.5. The van der Waals surface area contributed by atoms with Gasteiger partial charge in [0.2, 0.25) is 0 Å². The normalized spacial score (nSPS) is 16.0. The van der Waals surface area contributed by atoms with Crippen molar-refractivity contribution in [1.82, 2.24) is 15.1 Å². The van der Waals surface area contributed by atoms with Crippen molar-refractivity contribution in [2.75, 3.05) is 58.2 Å². The number of carbonyl (C=O) groups excluding carboxylic acids is 1. The summed E-state index contributed by atoms with van der Waals surface area (Å²) in [7, 11) is 1.56. The Morgan fingerprint density at radius 2 is 1.88 bits per heavy atom. The van der Waals surface area contributed by atoms with Gasteiger partial charge in [-0.1, -0.05) is 18.5 Å². The van der Waals surface area contributed by atoms with E-state index in [0.29, 0.717) is 23.0 Å². The van der Waals surface area contributed by atoms with Gasteiger partial charge in [0.25, 0.3) is 0 Å². The summed E-state index contributed by atoms with van der Waals surface area (Å²) < 4.78 is 5.22. The fourth-order valence-corrected chi connectivity index (χ4v) is 3.00. The van der Waals surface area contributed by atoms with Crippen molar-refractivity contribution in [1.29, 1.82) is 0 Å². The molecule has 1 aliphatic rings. The first kappa shape index (κ1) is 18.8. The Labute approximate surface area is 149 Å². The number of urea groups is 1. The maximum Gasteiger partial charge on any atom is 0.319 e. The molecule has 134 valence electrons. The first-order chi connectivity index (χ1) is 11.6. The van der Waals surface area contributed by atoms with Crippen molar-refractivity contribution in [2.24, 2.45) is 0 Å². The number of rotatable bonds is 7. The van der Waals surface area contributed by atoms with Gasteiger partial charge in [0.1, 0.15) is 5.75 Å². The molecule has 1 fully saturated rings. The minimum absolute atomic E-state index is 0.250. The van der Waals surface area contributed by atoms with E-state index < -0.39 is 0 Å². The second kappa shape index (κ2) is 9.71. The lowest BCUT2D eigenvalue weighted by atomic mass is 10.3. The van der Waals surface area contributed by atoms with E-state index in [1.54, 1.807) is 25.3 Å². The zero-order chi connectivity index (χ0) is 17.4. The van der Waals surface area contributed by atoms with Crippen molar-refractivity contribution < 1.29 is 9.53 Å². The first-order valence-electron chi connectivity index (χ1n) is 8.45. The molecule has 0 aromatic heterocycles.